The first-order chi connectivity index (χ1) is 13.2. The van der Waals surface area contributed by atoms with Gasteiger partial charge in [0.1, 0.15) is 0 Å². The number of hydrogen-bond donors (Lipinski definition) is 1. The lowest BCUT2D eigenvalue weighted by atomic mass is 10.1. The zero-order chi connectivity index (χ0) is 18.6. The van der Waals surface area contributed by atoms with Crippen molar-refractivity contribution in [3.05, 3.63) is 59.5 Å². The Kier molecular flexibility index (Phi) is 4.97. The summed E-state index contributed by atoms with van der Waals surface area (Å²) < 4.78 is 16.2. The van der Waals surface area contributed by atoms with Gasteiger partial charge in [-0.25, -0.2) is 0 Å². The largest absolute Gasteiger partial charge is 0.454 e. The monoisotopic (exact) mass is 383 g/mol. The summed E-state index contributed by atoms with van der Waals surface area (Å²) in [5.74, 6) is 2.43. The normalized spacial score (nSPS) is 12.2. The van der Waals surface area contributed by atoms with Crippen LogP contribution in [0.15, 0.2) is 51.8 Å². The van der Waals surface area contributed by atoms with Crippen molar-refractivity contribution in [2.24, 2.45) is 0 Å². The van der Waals surface area contributed by atoms with Crippen LogP contribution in [-0.2, 0) is 6.42 Å². The van der Waals surface area contributed by atoms with Crippen LogP contribution in [0.25, 0.3) is 0 Å². The van der Waals surface area contributed by atoms with Gasteiger partial charge in [-0.15, -0.1) is 16.9 Å². The Morgan fingerprint density at radius 2 is 2.00 bits per heavy atom. The van der Waals surface area contributed by atoms with E-state index >= 15 is 0 Å². The molecule has 0 fully saturated rings. The number of nitrogens with one attached hydrogen (secondary N) is 1. The average molecular weight is 383 g/mol. The Labute approximate surface area is 160 Å². The number of carbonyl (C=O) groups excluding carboxylic acids is 1. The standard InChI is InChI=1S/C19H17N3O4S/c1-2-27-16-6-4-3-5-13(16)18(23)20-19-22-21-17(26-19)10-12-7-8-14-15(9-12)25-11-24-14/h3-9H,2,10-11H2,1H3,(H,20,22,23). The molecule has 0 atom stereocenters. The molecule has 7 nitrogen and oxygen atoms in total. The van der Waals surface area contributed by atoms with Gasteiger partial charge in [0.2, 0.25) is 12.7 Å². The van der Waals surface area contributed by atoms with E-state index < -0.39 is 0 Å². The molecule has 1 aromatic heterocycles. The highest BCUT2D eigenvalue weighted by molar-refractivity contribution is 7.99. The van der Waals surface area contributed by atoms with Crippen LogP contribution >= 0.6 is 11.8 Å². The summed E-state index contributed by atoms with van der Waals surface area (Å²) in [6.07, 6.45) is 0.432. The minimum Gasteiger partial charge on any atom is -0.454 e. The second-order valence-corrected chi connectivity index (χ2v) is 7.05. The molecule has 2 aromatic carbocycles. The Hall–Kier alpha value is -3.00. The second-order valence-electron chi connectivity index (χ2n) is 5.75. The molecule has 0 spiro atoms. The summed E-state index contributed by atoms with van der Waals surface area (Å²) in [6.45, 7) is 2.27. The van der Waals surface area contributed by atoms with Crippen LogP contribution in [0.3, 0.4) is 0 Å². The molecule has 0 saturated heterocycles. The third-order valence-electron chi connectivity index (χ3n) is 3.91. The summed E-state index contributed by atoms with van der Waals surface area (Å²) in [5, 5.41) is 10.6. The van der Waals surface area contributed by atoms with Crippen LogP contribution in [0, 0.1) is 0 Å². The zero-order valence-electron chi connectivity index (χ0n) is 14.6. The van der Waals surface area contributed by atoms with Crippen LogP contribution in [0.1, 0.15) is 28.7 Å². The number of hydrogen-bond acceptors (Lipinski definition) is 7. The topological polar surface area (TPSA) is 86.5 Å². The molecule has 1 aliphatic rings. The van der Waals surface area contributed by atoms with E-state index in [-0.39, 0.29) is 18.7 Å². The van der Waals surface area contributed by atoms with Crippen LogP contribution < -0.4 is 14.8 Å². The van der Waals surface area contributed by atoms with E-state index in [9.17, 15) is 4.79 Å². The fourth-order valence-electron chi connectivity index (χ4n) is 2.70. The molecular weight excluding hydrogens is 366 g/mol. The SMILES string of the molecule is CCSc1ccccc1C(=O)Nc1nnc(Cc2ccc3c(c2)OCO3)o1. The molecular formula is C19H17N3O4S. The van der Waals surface area contributed by atoms with Gasteiger partial charge in [-0.2, -0.15) is 0 Å². The van der Waals surface area contributed by atoms with Gasteiger partial charge in [-0.05, 0) is 35.6 Å². The lowest BCUT2D eigenvalue weighted by Crippen LogP contribution is -2.13. The predicted molar refractivity (Wildman–Crippen MR) is 100 cm³/mol. The van der Waals surface area contributed by atoms with E-state index in [1.165, 1.54) is 0 Å². The van der Waals surface area contributed by atoms with Crippen LogP contribution in [0.4, 0.5) is 6.01 Å². The molecule has 1 N–H and O–H groups in total. The Bertz CT molecular complexity index is 973. The fourth-order valence-corrected chi connectivity index (χ4v) is 3.50. The maximum atomic E-state index is 12.5. The highest BCUT2D eigenvalue weighted by Gasteiger charge is 2.17. The van der Waals surface area contributed by atoms with E-state index in [1.54, 1.807) is 17.8 Å². The molecule has 138 valence electrons. The minimum absolute atomic E-state index is 0.0760. The summed E-state index contributed by atoms with van der Waals surface area (Å²) in [7, 11) is 0. The number of anilines is 1. The molecule has 1 aliphatic heterocycles. The van der Waals surface area contributed by atoms with Gasteiger partial charge in [0.15, 0.2) is 11.5 Å². The van der Waals surface area contributed by atoms with Crippen molar-refractivity contribution >= 4 is 23.7 Å². The average Bonchev–Trinajstić information content (AvgIpc) is 3.31. The van der Waals surface area contributed by atoms with Gasteiger partial charge in [0, 0.05) is 4.90 Å². The number of thioether (sulfide) groups is 1. The summed E-state index contributed by atoms with van der Waals surface area (Å²) in [6, 6.07) is 13.1. The molecule has 4 rings (SSSR count). The molecule has 0 aliphatic carbocycles. The highest BCUT2D eigenvalue weighted by Crippen LogP contribution is 2.33. The number of fused-ring (bicyclic) bond motifs is 1. The molecule has 8 heteroatoms. The quantitative estimate of drug-likeness (QED) is 0.649. The molecule has 0 bridgehead atoms. The van der Waals surface area contributed by atoms with Crippen molar-refractivity contribution in [3.63, 3.8) is 0 Å². The number of rotatable bonds is 6. The van der Waals surface area contributed by atoms with E-state index in [0.29, 0.717) is 23.6 Å². The van der Waals surface area contributed by atoms with Crippen molar-refractivity contribution in [2.45, 2.75) is 18.2 Å². The van der Waals surface area contributed by atoms with E-state index in [2.05, 4.69) is 15.5 Å². The molecule has 2 heterocycles. The van der Waals surface area contributed by atoms with Crippen molar-refractivity contribution in [3.8, 4) is 11.5 Å². The van der Waals surface area contributed by atoms with Crippen molar-refractivity contribution in [2.75, 3.05) is 17.9 Å². The Balaban J connectivity index is 1.44. The third kappa shape index (κ3) is 3.90. The van der Waals surface area contributed by atoms with Gasteiger partial charge < -0.3 is 13.9 Å². The molecule has 0 saturated carbocycles. The van der Waals surface area contributed by atoms with Crippen LogP contribution in [0.2, 0.25) is 0 Å². The van der Waals surface area contributed by atoms with Crippen LogP contribution in [-0.4, -0.2) is 28.7 Å². The van der Waals surface area contributed by atoms with Crippen LogP contribution in [0.5, 0.6) is 11.5 Å². The molecule has 0 radical (unpaired) electrons. The van der Waals surface area contributed by atoms with E-state index in [4.69, 9.17) is 13.9 Å². The number of aromatic nitrogens is 2. The smallest absolute Gasteiger partial charge is 0.322 e. The summed E-state index contributed by atoms with van der Waals surface area (Å²) >= 11 is 1.61. The first kappa shape index (κ1) is 17.4. The van der Waals surface area contributed by atoms with Crippen molar-refractivity contribution < 1.29 is 18.7 Å². The number of nitrogens with zero attached hydrogens (tertiary/aromatic N) is 2. The molecule has 1 amide bonds. The summed E-state index contributed by atoms with van der Waals surface area (Å²) in [5.41, 5.74) is 1.53. The number of amides is 1. The maximum Gasteiger partial charge on any atom is 0.322 e. The van der Waals surface area contributed by atoms with Gasteiger partial charge in [0.05, 0.1) is 12.0 Å². The Morgan fingerprint density at radius 3 is 2.89 bits per heavy atom. The zero-order valence-corrected chi connectivity index (χ0v) is 15.4. The molecule has 3 aromatic rings. The molecule has 27 heavy (non-hydrogen) atoms. The van der Waals surface area contributed by atoms with Gasteiger partial charge >= 0.3 is 6.01 Å². The lowest BCUT2D eigenvalue weighted by molar-refractivity contribution is 0.102. The number of carbonyl (C=O) groups is 1. The van der Waals surface area contributed by atoms with Crippen molar-refractivity contribution in [1.82, 2.24) is 10.2 Å². The van der Waals surface area contributed by atoms with E-state index in [1.807, 2.05) is 43.3 Å². The van der Waals surface area contributed by atoms with Gasteiger partial charge in [-0.3, -0.25) is 10.1 Å². The second kappa shape index (κ2) is 7.71. The maximum absolute atomic E-state index is 12.5. The predicted octanol–water partition coefficient (Wildman–Crippen LogP) is 3.75. The first-order valence-electron chi connectivity index (χ1n) is 8.47. The van der Waals surface area contributed by atoms with Gasteiger partial charge in [-0.1, -0.05) is 30.2 Å². The Morgan fingerprint density at radius 1 is 1.15 bits per heavy atom. The number of ether oxygens (including phenoxy) is 2. The first-order valence-corrected chi connectivity index (χ1v) is 9.45. The van der Waals surface area contributed by atoms with Crippen molar-refractivity contribution in [1.29, 1.82) is 0 Å². The fraction of sp³-hybridized carbons (Fsp3) is 0.211. The lowest BCUT2D eigenvalue weighted by Gasteiger charge is -2.06. The summed E-state index contributed by atoms with van der Waals surface area (Å²) in [4.78, 5) is 13.4. The van der Waals surface area contributed by atoms with E-state index in [0.717, 1.165) is 22.0 Å². The third-order valence-corrected chi connectivity index (χ3v) is 4.87. The number of benzene rings is 2. The molecule has 0 unspecified atom stereocenters. The highest BCUT2D eigenvalue weighted by atomic mass is 32.2. The minimum atomic E-state index is -0.273. The van der Waals surface area contributed by atoms with Gasteiger partial charge in [0.25, 0.3) is 5.91 Å².